The highest BCUT2D eigenvalue weighted by molar-refractivity contribution is 6.35. The molecule has 0 bridgehead atoms. The average molecular weight is 309 g/mol. The van der Waals surface area contributed by atoms with Crippen LogP contribution in [0.2, 0.25) is 20.4 Å². The van der Waals surface area contributed by atoms with Crippen LogP contribution in [0.15, 0.2) is 24.3 Å². The Labute approximate surface area is 118 Å². The lowest BCUT2D eigenvalue weighted by Gasteiger charge is -2.08. The van der Waals surface area contributed by atoms with E-state index >= 15 is 0 Å². The molecule has 0 spiro atoms. The van der Waals surface area contributed by atoms with Gasteiger partial charge in [-0.25, -0.2) is 0 Å². The van der Waals surface area contributed by atoms with Gasteiger partial charge in [-0.1, -0.05) is 46.4 Å². The molecule has 0 aliphatic rings. The molecule has 3 nitrogen and oxygen atoms in total. The van der Waals surface area contributed by atoms with Crippen LogP contribution in [-0.4, -0.2) is 10.2 Å². The number of nitrogens with zero attached hydrogens (tertiary/aromatic N) is 2. The Balaban J connectivity index is 2.34. The van der Waals surface area contributed by atoms with Gasteiger partial charge < -0.3 is 5.32 Å². The van der Waals surface area contributed by atoms with Gasteiger partial charge in [-0.3, -0.25) is 0 Å². The molecule has 0 radical (unpaired) electrons. The molecule has 0 fully saturated rings. The van der Waals surface area contributed by atoms with Gasteiger partial charge in [0.15, 0.2) is 10.3 Å². The summed E-state index contributed by atoms with van der Waals surface area (Å²) >= 11 is 23.3. The van der Waals surface area contributed by atoms with Crippen molar-refractivity contribution in [3.63, 3.8) is 0 Å². The highest BCUT2D eigenvalue weighted by atomic mass is 35.5. The molecule has 1 aromatic carbocycles. The quantitative estimate of drug-likeness (QED) is 0.863. The Hall–Kier alpha value is -0.740. The van der Waals surface area contributed by atoms with Gasteiger partial charge in [-0.05, 0) is 18.2 Å². The van der Waals surface area contributed by atoms with Crippen LogP contribution in [-0.2, 0) is 0 Å². The molecular weight excluding hydrogens is 304 g/mol. The second-order valence-electron chi connectivity index (χ2n) is 3.15. The minimum Gasteiger partial charge on any atom is -0.353 e. The highest BCUT2D eigenvalue weighted by Gasteiger charge is 2.05. The Morgan fingerprint density at radius 3 is 2.12 bits per heavy atom. The predicted molar refractivity (Wildman–Crippen MR) is 71.8 cm³/mol. The van der Waals surface area contributed by atoms with E-state index < -0.39 is 0 Å². The number of rotatable bonds is 2. The highest BCUT2D eigenvalue weighted by Crippen LogP contribution is 2.28. The van der Waals surface area contributed by atoms with Crippen LogP contribution in [0.1, 0.15) is 0 Å². The molecular formula is C10H5Cl4N3. The maximum Gasteiger partial charge on any atom is 0.175 e. The normalized spacial score (nSPS) is 10.4. The van der Waals surface area contributed by atoms with Crippen molar-refractivity contribution < 1.29 is 0 Å². The summed E-state index contributed by atoms with van der Waals surface area (Å²) in [5.41, 5.74) is 1.22. The molecule has 1 aromatic heterocycles. The van der Waals surface area contributed by atoms with Crippen molar-refractivity contribution in [3.8, 4) is 0 Å². The van der Waals surface area contributed by atoms with Crippen molar-refractivity contribution in [1.29, 1.82) is 0 Å². The molecule has 17 heavy (non-hydrogen) atoms. The predicted octanol–water partition coefficient (Wildman–Crippen LogP) is 4.83. The van der Waals surface area contributed by atoms with Crippen molar-refractivity contribution in [2.75, 3.05) is 5.32 Å². The maximum atomic E-state index is 5.88. The second kappa shape index (κ2) is 5.27. The van der Waals surface area contributed by atoms with Crippen LogP contribution in [0.25, 0.3) is 0 Å². The lowest BCUT2D eigenvalue weighted by molar-refractivity contribution is 1.03. The van der Waals surface area contributed by atoms with Crippen molar-refractivity contribution in [3.05, 3.63) is 44.6 Å². The molecule has 1 heterocycles. The standard InChI is InChI=1S/C10H5Cl4N3/c11-5-1-6(12)3-7(2-5)15-8-4-9(13)16-17-10(8)14/h1-4H,(H,15,16). The molecule has 0 aliphatic carbocycles. The summed E-state index contributed by atoms with van der Waals surface area (Å²) in [6.07, 6.45) is 0. The summed E-state index contributed by atoms with van der Waals surface area (Å²) in [6.45, 7) is 0. The van der Waals surface area contributed by atoms with E-state index in [1.165, 1.54) is 0 Å². The summed E-state index contributed by atoms with van der Waals surface area (Å²) in [5, 5.41) is 11.8. The number of hydrogen-bond acceptors (Lipinski definition) is 3. The molecule has 88 valence electrons. The van der Waals surface area contributed by atoms with Crippen molar-refractivity contribution in [2.24, 2.45) is 0 Å². The Bertz CT molecular complexity index is 539. The molecule has 0 aliphatic heterocycles. The van der Waals surface area contributed by atoms with Gasteiger partial charge in [0.05, 0.1) is 5.69 Å². The number of nitrogens with one attached hydrogen (secondary N) is 1. The van der Waals surface area contributed by atoms with Gasteiger partial charge in [-0.15, -0.1) is 10.2 Å². The Morgan fingerprint density at radius 2 is 1.47 bits per heavy atom. The van der Waals surface area contributed by atoms with Gasteiger partial charge in [0.2, 0.25) is 0 Å². The van der Waals surface area contributed by atoms with E-state index in [-0.39, 0.29) is 10.3 Å². The number of aromatic nitrogens is 2. The first-order chi connectivity index (χ1) is 8.04. The molecule has 0 saturated heterocycles. The van der Waals surface area contributed by atoms with Crippen LogP contribution in [0, 0.1) is 0 Å². The van der Waals surface area contributed by atoms with Gasteiger partial charge in [0.1, 0.15) is 0 Å². The summed E-state index contributed by atoms with van der Waals surface area (Å²) < 4.78 is 0. The average Bonchev–Trinajstić information content (AvgIpc) is 2.22. The zero-order chi connectivity index (χ0) is 12.4. The van der Waals surface area contributed by atoms with Crippen LogP contribution in [0.5, 0.6) is 0 Å². The van der Waals surface area contributed by atoms with Gasteiger partial charge in [0.25, 0.3) is 0 Å². The van der Waals surface area contributed by atoms with Crippen molar-refractivity contribution in [2.45, 2.75) is 0 Å². The third kappa shape index (κ3) is 3.36. The van der Waals surface area contributed by atoms with Gasteiger partial charge in [-0.2, -0.15) is 0 Å². The van der Waals surface area contributed by atoms with E-state index in [9.17, 15) is 0 Å². The van der Waals surface area contributed by atoms with E-state index in [0.29, 0.717) is 21.4 Å². The van der Waals surface area contributed by atoms with Gasteiger partial charge >= 0.3 is 0 Å². The number of anilines is 2. The molecule has 0 atom stereocenters. The first-order valence-electron chi connectivity index (χ1n) is 4.46. The fourth-order valence-electron chi connectivity index (χ4n) is 1.22. The largest absolute Gasteiger partial charge is 0.353 e. The van der Waals surface area contributed by atoms with Crippen LogP contribution in [0.3, 0.4) is 0 Å². The van der Waals surface area contributed by atoms with E-state index in [0.717, 1.165) is 0 Å². The molecule has 0 amide bonds. The van der Waals surface area contributed by atoms with E-state index in [1.54, 1.807) is 24.3 Å². The molecule has 2 aromatic rings. The Morgan fingerprint density at radius 1 is 0.824 bits per heavy atom. The minimum absolute atomic E-state index is 0.213. The zero-order valence-corrected chi connectivity index (χ0v) is 11.2. The fraction of sp³-hybridized carbons (Fsp3) is 0. The van der Waals surface area contributed by atoms with E-state index in [1.807, 2.05) is 0 Å². The number of benzene rings is 1. The van der Waals surface area contributed by atoms with E-state index in [4.69, 9.17) is 46.4 Å². The Kier molecular flexibility index (Phi) is 3.94. The molecule has 0 saturated carbocycles. The van der Waals surface area contributed by atoms with E-state index in [2.05, 4.69) is 15.5 Å². The minimum atomic E-state index is 0.213. The summed E-state index contributed by atoms with van der Waals surface area (Å²) in [5.74, 6) is 0. The van der Waals surface area contributed by atoms with Crippen molar-refractivity contribution in [1.82, 2.24) is 10.2 Å². The second-order valence-corrected chi connectivity index (χ2v) is 4.77. The van der Waals surface area contributed by atoms with Crippen LogP contribution in [0.4, 0.5) is 11.4 Å². The van der Waals surface area contributed by atoms with Crippen LogP contribution < -0.4 is 5.32 Å². The SMILES string of the molecule is Clc1cc(Cl)cc(Nc2cc(Cl)nnc2Cl)c1. The van der Waals surface area contributed by atoms with Gasteiger partial charge in [0, 0.05) is 21.8 Å². The molecule has 1 N–H and O–H groups in total. The zero-order valence-electron chi connectivity index (χ0n) is 8.22. The summed E-state index contributed by atoms with van der Waals surface area (Å²) in [6, 6.07) is 6.61. The third-order valence-electron chi connectivity index (χ3n) is 1.86. The maximum absolute atomic E-state index is 5.88. The monoisotopic (exact) mass is 307 g/mol. The first kappa shape index (κ1) is 12.7. The summed E-state index contributed by atoms with van der Waals surface area (Å²) in [4.78, 5) is 0. The first-order valence-corrected chi connectivity index (χ1v) is 5.97. The number of hydrogen-bond donors (Lipinski definition) is 1. The fourth-order valence-corrected chi connectivity index (χ4v) is 2.03. The molecule has 2 rings (SSSR count). The smallest absolute Gasteiger partial charge is 0.175 e. The number of halogens is 4. The third-order valence-corrected chi connectivity index (χ3v) is 2.76. The van der Waals surface area contributed by atoms with Crippen molar-refractivity contribution >= 4 is 57.8 Å². The lowest BCUT2D eigenvalue weighted by atomic mass is 10.3. The molecule has 0 unspecified atom stereocenters. The molecule has 7 heteroatoms. The van der Waals surface area contributed by atoms with Crippen LogP contribution >= 0.6 is 46.4 Å². The topological polar surface area (TPSA) is 37.8 Å². The summed E-state index contributed by atoms with van der Waals surface area (Å²) in [7, 11) is 0. The lowest BCUT2D eigenvalue weighted by Crippen LogP contribution is -1.94.